The van der Waals surface area contributed by atoms with Crippen LogP contribution in [-0.2, 0) is 47.7 Å². The zero-order valence-electron chi connectivity index (χ0n) is 14.3. The van der Waals surface area contributed by atoms with Crippen LogP contribution in [0.5, 0.6) is 0 Å². The van der Waals surface area contributed by atoms with Gasteiger partial charge < -0.3 is 18.9 Å². The molecule has 0 rings (SSSR count). The van der Waals surface area contributed by atoms with Crippen LogP contribution in [0, 0.1) is 0 Å². The Balaban J connectivity index is 3.66. The van der Waals surface area contributed by atoms with Gasteiger partial charge in [0.2, 0.25) is 25.7 Å². The molecule has 0 atom stereocenters. The Labute approximate surface area is 153 Å². The SMILES string of the molecule is O=C=NCCC(=O)OCOC(=O)CCCC(=O)OCOC(=O)CCN=C=O. The number of carbonyl (C=O) groups is 4. The number of ether oxygens (including phenoxy) is 4. The lowest BCUT2D eigenvalue weighted by Crippen LogP contribution is -2.15. The van der Waals surface area contributed by atoms with Gasteiger partial charge in [-0.15, -0.1) is 0 Å². The smallest absolute Gasteiger partial charge is 0.310 e. The van der Waals surface area contributed by atoms with Crippen molar-refractivity contribution in [2.75, 3.05) is 26.7 Å². The summed E-state index contributed by atoms with van der Waals surface area (Å²) < 4.78 is 18.3. The summed E-state index contributed by atoms with van der Waals surface area (Å²) in [6, 6.07) is 0. The topological polar surface area (TPSA) is 164 Å². The van der Waals surface area contributed by atoms with Crippen LogP contribution >= 0.6 is 0 Å². The molecule has 0 radical (unpaired) electrons. The molecule has 0 aliphatic heterocycles. The highest BCUT2D eigenvalue weighted by Crippen LogP contribution is 2.01. The molecule has 0 unspecified atom stereocenters. The second-order valence-corrected chi connectivity index (χ2v) is 4.60. The zero-order chi connectivity index (χ0) is 20.3. The van der Waals surface area contributed by atoms with Crippen LogP contribution in [0.4, 0.5) is 0 Å². The maximum atomic E-state index is 11.4. The van der Waals surface area contributed by atoms with Crippen LogP contribution < -0.4 is 0 Å². The first-order chi connectivity index (χ1) is 13.0. The maximum Gasteiger partial charge on any atom is 0.310 e. The fourth-order valence-electron chi connectivity index (χ4n) is 1.37. The third-order valence-electron chi connectivity index (χ3n) is 2.63. The second-order valence-electron chi connectivity index (χ2n) is 4.60. The number of nitrogens with zero attached hydrogens (tertiary/aromatic N) is 2. The minimum Gasteiger partial charge on any atom is -0.428 e. The molecular formula is C15H18N2O10. The fourth-order valence-corrected chi connectivity index (χ4v) is 1.37. The van der Waals surface area contributed by atoms with Gasteiger partial charge in [0.25, 0.3) is 0 Å². The summed E-state index contributed by atoms with van der Waals surface area (Å²) in [6.45, 7) is -1.31. The molecule has 0 bridgehead atoms. The van der Waals surface area contributed by atoms with Crippen LogP contribution in [0.1, 0.15) is 32.1 Å². The number of esters is 4. The molecule has 12 nitrogen and oxygen atoms in total. The maximum absolute atomic E-state index is 11.4. The molecule has 0 heterocycles. The number of rotatable bonds is 14. The first-order valence-corrected chi connectivity index (χ1v) is 7.69. The van der Waals surface area contributed by atoms with Crippen LogP contribution in [-0.4, -0.2) is 62.7 Å². The Hall–Kier alpha value is -3.36. The summed E-state index contributed by atoms with van der Waals surface area (Å²) in [5.74, 6) is -2.77. The van der Waals surface area contributed by atoms with E-state index in [0.717, 1.165) is 0 Å². The normalized spacial score (nSPS) is 9.19. The Morgan fingerprint density at radius 3 is 1.26 bits per heavy atom. The van der Waals surface area contributed by atoms with Crippen molar-refractivity contribution in [3.05, 3.63) is 0 Å². The zero-order valence-corrected chi connectivity index (χ0v) is 14.3. The lowest BCUT2D eigenvalue weighted by Gasteiger charge is -2.06. The van der Waals surface area contributed by atoms with Crippen molar-refractivity contribution in [3.8, 4) is 0 Å². The Morgan fingerprint density at radius 2 is 0.926 bits per heavy atom. The lowest BCUT2D eigenvalue weighted by molar-refractivity contribution is -0.167. The lowest BCUT2D eigenvalue weighted by atomic mass is 10.2. The van der Waals surface area contributed by atoms with Gasteiger partial charge >= 0.3 is 23.9 Å². The van der Waals surface area contributed by atoms with Gasteiger partial charge in [-0.05, 0) is 6.42 Å². The van der Waals surface area contributed by atoms with E-state index >= 15 is 0 Å². The van der Waals surface area contributed by atoms with Crippen molar-refractivity contribution in [2.24, 2.45) is 9.98 Å². The van der Waals surface area contributed by atoms with Gasteiger partial charge in [-0.25, -0.2) is 19.6 Å². The molecule has 0 saturated heterocycles. The number of hydrogen-bond acceptors (Lipinski definition) is 12. The Morgan fingerprint density at radius 1 is 0.593 bits per heavy atom. The van der Waals surface area contributed by atoms with Gasteiger partial charge in [0.15, 0.2) is 0 Å². The predicted molar refractivity (Wildman–Crippen MR) is 83.2 cm³/mol. The Kier molecular flexibility index (Phi) is 14.1. The number of aliphatic imine (C=N–C) groups is 2. The molecule has 0 aromatic carbocycles. The summed E-state index contributed by atoms with van der Waals surface area (Å²) in [6.07, 6.45) is 2.11. The summed E-state index contributed by atoms with van der Waals surface area (Å²) in [7, 11) is 0. The molecular weight excluding hydrogens is 368 g/mol. The highest BCUT2D eigenvalue weighted by Gasteiger charge is 2.10. The van der Waals surface area contributed by atoms with E-state index in [4.69, 9.17) is 0 Å². The molecule has 0 N–H and O–H groups in total. The quantitative estimate of drug-likeness (QED) is 0.167. The third kappa shape index (κ3) is 15.9. The summed E-state index contributed by atoms with van der Waals surface area (Å²) in [5.41, 5.74) is 0. The molecule has 12 heteroatoms. The summed E-state index contributed by atoms with van der Waals surface area (Å²) in [4.78, 5) is 70.8. The second kappa shape index (κ2) is 16.1. The van der Waals surface area contributed by atoms with E-state index in [1.165, 1.54) is 12.2 Å². The minimum atomic E-state index is -0.696. The van der Waals surface area contributed by atoms with E-state index in [9.17, 15) is 28.8 Å². The van der Waals surface area contributed by atoms with Crippen molar-refractivity contribution in [2.45, 2.75) is 32.1 Å². The third-order valence-corrected chi connectivity index (χ3v) is 2.63. The van der Waals surface area contributed by atoms with Crippen molar-refractivity contribution in [1.82, 2.24) is 0 Å². The molecule has 0 spiro atoms. The van der Waals surface area contributed by atoms with Crippen LogP contribution in [0.25, 0.3) is 0 Å². The van der Waals surface area contributed by atoms with Crippen molar-refractivity contribution in [1.29, 1.82) is 0 Å². The molecule has 0 amide bonds. The largest absolute Gasteiger partial charge is 0.428 e. The van der Waals surface area contributed by atoms with Crippen molar-refractivity contribution >= 4 is 36.0 Å². The fraction of sp³-hybridized carbons (Fsp3) is 0.600. The molecule has 27 heavy (non-hydrogen) atoms. The van der Waals surface area contributed by atoms with E-state index in [-0.39, 0.29) is 45.2 Å². The van der Waals surface area contributed by atoms with Crippen LogP contribution in [0.2, 0.25) is 0 Å². The van der Waals surface area contributed by atoms with Crippen LogP contribution in [0.3, 0.4) is 0 Å². The molecule has 0 aromatic rings. The number of carbonyl (C=O) groups excluding carboxylic acids is 6. The van der Waals surface area contributed by atoms with E-state index in [0.29, 0.717) is 0 Å². The Bertz CT molecular complexity index is 554. The first-order valence-electron chi connectivity index (χ1n) is 7.69. The molecule has 0 aliphatic carbocycles. The van der Waals surface area contributed by atoms with E-state index in [1.807, 2.05) is 0 Å². The van der Waals surface area contributed by atoms with Gasteiger partial charge in [-0.1, -0.05) is 0 Å². The van der Waals surface area contributed by atoms with Crippen molar-refractivity contribution < 1.29 is 47.7 Å². The predicted octanol–water partition coefficient (Wildman–Crippen LogP) is -0.304. The molecule has 0 aliphatic rings. The van der Waals surface area contributed by atoms with E-state index in [1.54, 1.807) is 0 Å². The number of hydrogen-bond donors (Lipinski definition) is 0. The minimum absolute atomic E-state index is 0.0691. The van der Waals surface area contributed by atoms with Crippen molar-refractivity contribution in [3.63, 3.8) is 0 Å². The van der Waals surface area contributed by atoms with E-state index in [2.05, 4.69) is 28.9 Å². The molecule has 0 saturated carbocycles. The average molecular weight is 386 g/mol. The summed E-state index contributed by atoms with van der Waals surface area (Å²) >= 11 is 0. The highest BCUT2D eigenvalue weighted by atomic mass is 16.7. The van der Waals surface area contributed by atoms with Gasteiger partial charge in [-0.3, -0.25) is 19.2 Å². The molecule has 148 valence electrons. The van der Waals surface area contributed by atoms with Gasteiger partial charge in [0.1, 0.15) is 0 Å². The standard InChI is InChI=1S/C15H18N2O10/c18-8-16-6-4-14(22)26-10-24-12(20)2-1-3-13(21)25-11-27-15(23)5-7-17-9-19/h1-7,10-11H2. The average Bonchev–Trinajstić information content (AvgIpc) is 2.62. The van der Waals surface area contributed by atoms with Gasteiger partial charge in [0, 0.05) is 12.8 Å². The highest BCUT2D eigenvalue weighted by molar-refractivity contribution is 5.73. The number of isocyanates is 2. The molecule has 0 fully saturated rings. The molecule has 0 aromatic heterocycles. The van der Waals surface area contributed by atoms with Gasteiger partial charge in [-0.2, -0.15) is 0 Å². The summed E-state index contributed by atoms with van der Waals surface area (Å²) in [5, 5.41) is 0. The van der Waals surface area contributed by atoms with Gasteiger partial charge in [0.05, 0.1) is 25.9 Å². The monoisotopic (exact) mass is 386 g/mol. The van der Waals surface area contributed by atoms with E-state index < -0.39 is 37.5 Å². The van der Waals surface area contributed by atoms with Crippen LogP contribution in [0.15, 0.2) is 9.98 Å². The first kappa shape index (κ1) is 23.6.